The van der Waals surface area contributed by atoms with Gasteiger partial charge in [-0.05, 0) is 6.92 Å². The van der Waals surface area contributed by atoms with Crippen molar-refractivity contribution in [3.05, 3.63) is 0 Å². The molecule has 1 rings (SSSR count). The van der Waals surface area contributed by atoms with E-state index in [4.69, 9.17) is 4.74 Å². The second-order valence-corrected chi connectivity index (χ2v) is 7.96. The largest absolute Gasteiger partial charge is 0.480 e. The number of hydrogen-bond donors (Lipinski definition) is 5. The van der Waals surface area contributed by atoms with Crippen molar-refractivity contribution in [1.29, 1.82) is 0 Å². The average molecular weight is 479 g/mol. The molecule has 0 aromatic carbocycles. The zero-order chi connectivity index (χ0) is 24.8. The van der Waals surface area contributed by atoms with Gasteiger partial charge in [0.2, 0.25) is 0 Å². The number of aliphatic hydroxyl groups excluding tert-OH is 3. The molecule has 1 aliphatic rings. The van der Waals surface area contributed by atoms with E-state index >= 15 is 0 Å². The molecule has 0 radical (unpaired) electrons. The number of carboxylic acid groups (broad SMARTS) is 2. The summed E-state index contributed by atoms with van der Waals surface area (Å²) in [5.74, 6) is -2.44. The maximum absolute atomic E-state index is 12.1. The SMILES string of the molecule is CCOC(=O)CN1CCN(CC(=O)O)CCN(CC(=O)O)CCN([C@H](CO)[C@H](O)CO)CC1. The van der Waals surface area contributed by atoms with Gasteiger partial charge in [-0.25, -0.2) is 0 Å². The predicted octanol–water partition coefficient (Wildman–Crippen LogP) is -3.35. The van der Waals surface area contributed by atoms with Crippen LogP contribution in [-0.2, 0) is 19.1 Å². The second-order valence-electron chi connectivity index (χ2n) is 7.96. The van der Waals surface area contributed by atoms with Crippen LogP contribution in [-0.4, -0.2) is 167 Å². The first-order chi connectivity index (χ1) is 15.7. The first-order valence-corrected chi connectivity index (χ1v) is 11.1. The molecule has 0 unspecified atom stereocenters. The summed E-state index contributed by atoms with van der Waals surface area (Å²) in [4.78, 5) is 41.6. The average Bonchev–Trinajstić information content (AvgIpc) is 2.74. The molecule has 33 heavy (non-hydrogen) atoms. The number of carboxylic acids is 2. The van der Waals surface area contributed by atoms with Crippen LogP contribution in [0.1, 0.15) is 6.92 Å². The highest BCUT2D eigenvalue weighted by atomic mass is 16.5. The third-order valence-electron chi connectivity index (χ3n) is 5.53. The topological polar surface area (TPSA) is 175 Å². The van der Waals surface area contributed by atoms with Crippen molar-refractivity contribution in [3.8, 4) is 0 Å². The minimum Gasteiger partial charge on any atom is -0.480 e. The first kappa shape index (κ1) is 29.2. The van der Waals surface area contributed by atoms with Gasteiger partial charge in [0, 0.05) is 52.4 Å². The van der Waals surface area contributed by atoms with Crippen LogP contribution < -0.4 is 0 Å². The number of ether oxygens (including phenoxy) is 1. The van der Waals surface area contributed by atoms with Crippen molar-refractivity contribution in [3.63, 3.8) is 0 Å². The van der Waals surface area contributed by atoms with Gasteiger partial charge in [-0.1, -0.05) is 0 Å². The molecule has 0 spiro atoms. The summed E-state index contributed by atoms with van der Waals surface area (Å²) in [6, 6.07) is -0.766. The summed E-state index contributed by atoms with van der Waals surface area (Å²) in [6.07, 6.45) is -1.19. The van der Waals surface area contributed by atoms with Gasteiger partial charge in [-0.3, -0.25) is 34.0 Å². The van der Waals surface area contributed by atoms with Crippen LogP contribution >= 0.6 is 0 Å². The molecule has 0 aliphatic carbocycles. The molecular formula is C20H38N4O9. The Morgan fingerprint density at radius 3 is 1.55 bits per heavy atom. The van der Waals surface area contributed by atoms with E-state index in [-0.39, 0.29) is 26.2 Å². The summed E-state index contributed by atoms with van der Waals surface area (Å²) in [5.41, 5.74) is 0. The van der Waals surface area contributed by atoms with Gasteiger partial charge in [0.05, 0.1) is 51.6 Å². The summed E-state index contributed by atoms with van der Waals surface area (Å²) in [6.45, 7) is 3.12. The van der Waals surface area contributed by atoms with Crippen molar-refractivity contribution in [2.24, 2.45) is 0 Å². The molecule has 192 valence electrons. The molecule has 1 heterocycles. The Kier molecular flexibility index (Phi) is 14.0. The third kappa shape index (κ3) is 11.7. The third-order valence-corrected chi connectivity index (χ3v) is 5.53. The van der Waals surface area contributed by atoms with Gasteiger partial charge >= 0.3 is 17.9 Å². The minimum absolute atomic E-state index is 0.0000753. The monoisotopic (exact) mass is 478 g/mol. The number of nitrogens with zero attached hydrogens (tertiary/aromatic N) is 4. The molecule has 1 fully saturated rings. The Bertz CT molecular complexity index is 610. The fraction of sp³-hybridized carbons (Fsp3) is 0.850. The van der Waals surface area contributed by atoms with Crippen LogP contribution in [0.15, 0.2) is 0 Å². The number of aliphatic hydroxyl groups is 3. The smallest absolute Gasteiger partial charge is 0.320 e. The molecule has 0 bridgehead atoms. The Morgan fingerprint density at radius 2 is 1.18 bits per heavy atom. The highest BCUT2D eigenvalue weighted by molar-refractivity contribution is 5.71. The van der Waals surface area contributed by atoms with Crippen molar-refractivity contribution >= 4 is 17.9 Å². The zero-order valence-corrected chi connectivity index (χ0v) is 19.2. The van der Waals surface area contributed by atoms with Gasteiger partial charge in [-0.2, -0.15) is 0 Å². The quantitative estimate of drug-likeness (QED) is 0.187. The molecule has 13 heteroatoms. The van der Waals surface area contributed by atoms with Crippen molar-refractivity contribution in [1.82, 2.24) is 19.6 Å². The lowest BCUT2D eigenvalue weighted by Crippen LogP contribution is -2.54. The van der Waals surface area contributed by atoms with Gasteiger partial charge in [0.25, 0.3) is 0 Å². The molecule has 5 N–H and O–H groups in total. The number of rotatable bonds is 11. The lowest BCUT2D eigenvalue weighted by atomic mass is 10.1. The van der Waals surface area contributed by atoms with E-state index in [1.165, 1.54) is 0 Å². The van der Waals surface area contributed by atoms with Crippen LogP contribution in [0.25, 0.3) is 0 Å². The van der Waals surface area contributed by atoms with Crippen LogP contribution in [0.4, 0.5) is 0 Å². The number of esters is 1. The summed E-state index contributed by atoms with van der Waals surface area (Å²) >= 11 is 0. The Hall–Kier alpha value is -1.87. The molecule has 0 amide bonds. The lowest BCUT2D eigenvalue weighted by Gasteiger charge is -2.37. The second kappa shape index (κ2) is 15.9. The molecular weight excluding hydrogens is 440 g/mol. The number of aliphatic carboxylic acids is 2. The van der Waals surface area contributed by atoms with E-state index < -0.39 is 43.3 Å². The van der Waals surface area contributed by atoms with Crippen molar-refractivity contribution < 1.29 is 44.7 Å². The highest BCUT2D eigenvalue weighted by Crippen LogP contribution is 2.08. The number of hydrogen-bond acceptors (Lipinski definition) is 11. The van der Waals surface area contributed by atoms with Crippen LogP contribution in [0, 0.1) is 0 Å². The lowest BCUT2D eigenvalue weighted by molar-refractivity contribution is -0.145. The maximum atomic E-state index is 12.1. The van der Waals surface area contributed by atoms with E-state index in [0.717, 1.165) is 0 Å². The van der Waals surface area contributed by atoms with E-state index in [1.807, 2.05) is 4.90 Å². The van der Waals surface area contributed by atoms with Crippen molar-refractivity contribution in [2.45, 2.75) is 19.1 Å². The molecule has 13 nitrogen and oxygen atoms in total. The van der Waals surface area contributed by atoms with E-state index in [2.05, 4.69) is 0 Å². The Labute approximate surface area is 193 Å². The molecule has 2 atom stereocenters. The molecule has 0 aromatic rings. The number of carbonyl (C=O) groups excluding carboxylic acids is 1. The Balaban J connectivity index is 3.08. The van der Waals surface area contributed by atoms with E-state index in [9.17, 15) is 39.9 Å². The minimum atomic E-state index is -1.19. The normalized spacial score (nSPS) is 20.4. The number of carbonyl (C=O) groups is 3. The fourth-order valence-electron chi connectivity index (χ4n) is 3.73. The highest BCUT2D eigenvalue weighted by Gasteiger charge is 2.27. The maximum Gasteiger partial charge on any atom is 0.320 e. The zero-order valence-electron chi connectivity index (χ0n) is 19.2. The van der Waals surface area contributed by atoms with Gasteiger partial charge in [-0.15, -0.1) is 0 Å². The fourth-order valence-corrected chi connectivity index (χ4v) is 3.73. The Morgan fingerprint density at radius 1 is 0.758 bits per heavy atom. The summed E-state index contributed by atoms with van der Waals surface area (Å²) in [7, 11) is 0. The van der Waals surface area contributed by atoms with Crippen LogP contribution in [0.3, 0.4) is 0 Å². The summed E-state index contributed by atoms with van der Waals surface area (Å²) < 4.78 is 5.03. The van der Waals surface area contributed by atoms with Gasteiger partial charge in [0.1, 0.15) is 0 Å². The van der Waals surface area contributed by atoms with Crippen LogP contribution in [0.5, 0.6) is 0 Å². The van der Waals surface area contributed by atoms with Crippen LogP contribution in [0.2, 0.25) is 0 Å². The van der Waals surface area contributed by atoms with E-state index in [0.29, 0.717) is 52.4 Å². The van der Waals surface area contributed by atoms with Gasteiger partial charge in [0.15, 0.2) is 0 Å². The molecule has 0 saturated carbocycles. The summed E-state index contributed by atoms with van der Waals surface area (Å²) in [5, 5.41) is 47.8. The standard InChI is InChI=1S/C20H38N4O9/c1-2-33-20(32)13-23-6-5-21(11-18(28)29)3-4-22(12-19(30)31)7-9-24(10-8-23)16(14-25)17(27)15-26/h16-17,25-27H,2-15H2,1H3,(H,28,29)(H,30,31)/t16-,17-/m1/s1. The predicted molar refractivity (Wildman–Crippen MR) is 117 cm³/mol. The molecule has 1 aliphatic heterocycles. The first-order valence-electron chi connectivity index (χ1n) is 11.1. The van der Waals surface area contributed by atoms with E-state index in [1.54, 1.807) is 21.6 Å². The molecule has 0 aromatic heterocycles. The van der Waals surface area contributed by atoms with Crippen molar-refractivity contribution in [2.75, 3.05) is 91.8 Å². The molecule has 1 saturated heterocycles. The van der Waals surface area contributed by atoms with Gasteiger partial charge < -0.3 is 30.3 Å².